The third-order valence-electron chi connectivity index (χ3n) is 3.46. The van der Waals surface area contributed by atoms with Gasteiger partial charge in [0.15, 0.2) is 5.79 Å². The Morgan fingerprint density at radius 3 is 2.38 bits per heavy atom. The van der Waals surface area contributed by atoms with Gasteiger partial charge < -0.3 is 14.2 Å². The van der Waals surface area contributed by atoms with Crippen LogP contribution in [0.5, 0.6) is 0 Å². The molecular weight excluding hydrogens is 210 g/mol. The number of hydrogen-bond donors (Lipinski definition) is 0. The van der Waals surface area contributed by atoms with Gasteiger partial charge in [-0.15, -0.1) is 0 Å². The van der Waals surface area contributed by atoms with E-state index >= 15 is 0 Å². The summed E-state index contributed by atoms with van der Waals surface area (Å²) in [6.07, 6.45) is 1.66. The van der Waals surface area contributed by atoms with E-state index in [2.05, 4.69) is 4.90 Å². The van der Waals surface area contributed by atoms with Gasteiger partial charge in [0.2, 0.25) is 0 Å². The Kier molecular flexibility index (Phi) is 3.47. The van der Waals surface area contributed by atoms with Gasteiger partial charge in [-0.1, -0.05) is 0 Å². The number of piperidine rings is 1. The standard InChI is InChI=1S/C11H19NO4/c1-9(10(13)14-2)12-5-3-11(4-6-12)15-7-8-16-11/h9H,3-8H2,1-2H3. The summed E-state index contributed by atoms with van der Waals surface area (Å²) in [5, 5.41) is 0. The fourth-order valence-electron chi connectivity index (χ4n) is 2.36. The van der Waals surface area contributed by atoms with Gasteiger partial charge in [-0.25, -0.2) is 0 Å². The van der Waals surface area contributed by atoms with Crippen molar-refractivity contribution in [2.75, 3.05) is 33.4 Å². The lowest BCUT2D eigenvalue weighted by atomic mass is 10.0. The number of methoxy groups -OCH3 is 1. The van der Waals surface area contributed by atoms with Crippen molar-refractivity contribution in [1.29, 1.82) is 0 Å². The first-order chi connectivity index (χ1) is 7.67. The second-order valence-corrected chi connectivity index (χ2v) is 4.34. The molecule has 5 nitrogen and oxygen atoms in total. The Morgan fingerprint density at radius 1 is 1.31 bits per heavy atom. The molecule has 2 rings (SSSR count). The molecule has 0 bridgehead atoms. The van der Waals surface area contributed by atoms with Crippen LogP contribution in [0, 0.1) is 0 Å². The van der Waals surface area contributed by atoms with Crippen LogP contribution in [0.15, 0.2) is 0 Å². The minimum Gasteiger partial charge on any atom is -0.468 e. The molecular formula is C11H19NO4. The molecule has 0 aromatic carbocycles. The third kappa shape index (κ3) is 2.21. The van der Waals surface area contributed by atoms with Crippen molar-refractivity contribution in [1.82, 2.24) is 4.90 Å². The van der Waals surface area contributed by atoms with E-state index in [1.54, 1.807) is 0 Å². The fraction of sp³-hybridized carbons (Fsp3) is 0.909. The lowest BCUT2D eigenvalue weighted by Crippen LogP contribution is -2.50. The maximum absolute atomic E-state index is 11.4. The van der Waals surface area contributed by atoms with Crippen molar-refractivity contribution in [3.63, 3.8) is 0 Å². The van der Waals surface area contributed by atoms with Gasteiger partial charge in [-0.05, 0) is 6.92 Å². The third-order valence-corrected chi connectivity index (χ3v) is 3.46. The monoisotopic (exact) mass is 229 g/mol. The highest BCUT2D eigenvalue weighted by atomic mass is 16.7. The van der Waals surface area contributed by atoms with Crippen LogP contribution in [0.1, 0.15) is 19.8 Å². The predicted molar refractivity (Wildman–Crippen MR) is 56.9 cm³/mol. The molecule has 0 saturated carbocycles. The second-order valence-electron chi connectivity index (χ2n) is 4.34. The number of ether oxygens (including phenoxy) is 3. The summed E-state index contributed by atoms with van der Waals surface area (Å²) < 4.78 is 16.0. The molecule has 2 aliphatic heterocycles. The number of carbonyl (C=O) groups excluding carboxylic acids is 1. The van der Waals surface area contributed by atoms with Gasteiger partial charge >= 0.3 is 5.97 Å². The molecule has 1 spiro atoms. The molecule has 0 N–H and O–H groups in total. The quantitative estimate of drug-likeness (QED) is 0.641. The zero-order valence-corrected chi connectivity index (χ0v) is 9.90. The van der Waals surface area contributed by atoms with Gasteiger partial charge in [0.1, 0.15) is 6.04 Å². The topological polar surface area (TPSA) is 48.0 Å². The normalized spacial score (nSPS) is 26.9. The van der Waals surface area contributed by atoms with E-state index in [4.69, 9.17) is 14.2 Å². The average molecular weight is 229 g/mol. The van der Waals surface area contributed by atoms with Crippen LogP contribution >= 0.6 is 0 Å². The van der Waals surface area contributed by atoms with Crippen LogP contribution in [0.2, 0.25) is 0 Å². The number of esters is 1. The number of likely N-dealkylation sites (tertiary alicyclic amines) is 1. The van der Waals surface area contributed by atoms with Crippen LogP contribution in [0.25, 0.3) is 0 Å². The second kappa shape index (κ2) is 4.69. The Labute approximate surface area is 95.6 Å². The first-order valence-corrected chi connectivity index (χ1v) is 5.77. The van der Waals surface area contributed by atoms with Gasteiger partial charge in [0.05, 0.1) is 20.3 Å². The van der Waals surface area contributed by atoms with Gasteiger partial charge in [-0.3, -0.25) is 9.69 Å². The molecule has 1 atom stereocenters. The van der Waals surface area contributed by atoms with Crippen molar-refractivity contribution in [3.8, 4) is 0 Å². The van der Waals surface area contributed by atoms with Crippen LogP contribution in [-0.4, -0.2) is 56.1 Å². The molecule has 92 valence electrons. The average Bonchev–Trinajstić information content (AvgIpc) is 2.77. The zero-order valence-electron chi connectivity index (χ0n) is 9.90. The Hall–Kier alpha value is -0.650. The molecule has 16 heavy (non-hydrogen) atoms. The van der Waals surface area contributed by atoms with Crippen molar-refractivity contribution in [3.05, 3.63) is 0 Å². The van der Waals surface area contributed by atoms with Gasteiger partial charge in [-0.2, -0.15) is 0 Å². The van der Waals surface area contributed by atoms with Crippen molar-refractivity contribution in [2.24, 2.45) is 0 Å². The summed E-state index contributed by atoms with van der Waals surface area (Å²) >= 11 is 0. The van der Waals surface area contributed by atoms with Crippen LogP contribution in [0.4, 0.5) is 0 Å². The van der Waals surface area contributed by atoms with E-state index in [0.29, 0.717) is 13.2 Å². The minimum atomic E-state index is -0.369. The van der Waals surface area contributed by atoms with E-state index in [1.807, 2.05) is 6.92 Å². The molecule has 0 aromatic heterocycles. The molecule has 0 amide bonds. The Bertz CT molecular complexity index is 253. The van der Waals surface area contributed by atoms with Crippen LogP contribution in [-0.2, 0) is 19.0 Å². The molecule has 5 heteroatoms. The fourth-order valence-corrected chi connectivity index (χ4v) is 2.36. The SMILES string of the molecule is COC(=O)C(C)N1CCC2(CC1)OCCO2. The molecule has 1 unspecified atom stereocenters. The minimum absolute atomic E-state index is 0.177. The first kappa shape index (κ1) is 11.8. The van der Waals surface area contributed by atoms with E-state index < -0.39 is 0 Å². The smallest absolute Gasteiger partial charge is 0.322 e. The zero-order chi connectivity index (χ0) is 11.6. The van der Waals surface area contributed by atoms with E-state index in [9.17, 15) is 4.79 Å². The molecule has 0 radical (unpaired) electrons. The summed E-state index contributed by atoms with van der Waals surface area (Å²) in [6.45, 7) is 4.88. The lowest BCUT2D eigenvalue weighted by molar-refractivity contribution is -0.190. The molecule has 2 heterocycles. The molecule has 0 aliphatic carbocycles. The number of rotatable bonds is 2. The number of carbonyl (C=O) groups is 1. The summed E-state index contributed by atoms with van der Waals surface area (Å²) in [7, 11) is 1.42. The lowest BCUT2D eigenvalue weighted by Gasteiger charge is -2.39. The van der Waals surface area contributed by atoms with Crippen LogP contribution < -0.4 is 0 Å². The molecule has 0 aromatic rings. The summed E-state index contributed by atoms with van der Waals surface area (Å²) in [4.78, 5) is 13.5. The highest BCUT2D eigenvalue weighted by Crippen LogP contribution is 2.31. The first-order valence-electron chi connectivity index (χ1n) is 5.77. The van der Waals surface area contributed by atoms with Crippen molar-refractivity contribution in [2.45, 2.75) is 31.6 Å². The summed E-state index contributed by atoms with van der Waals surface area (Å²) in [6, 6.07) is -0.177. The Balaban J connectivity index is 1.87. The Morgan fingerprint density at radius 2 is 1.88 bits per heavy atom. The van der Waals surface area contributed by atoms with E-state index in [0.717, 1.165) is 25.9 Å². The van der Waals surface area contributed by atoms with E-state index in [1.165, 1.54) is 7.11 Å². The number of nitrogens with zero attached hydrogens (tertiary/aromatic N) is 1. The molecule has 2 aliphatic rings. The largest absolute Gasteiger partial charge is 0.468 e. The predicted octanol–water partition coefficient (Wildman–Crippen LogP) is 0.387. The van der Waals surface area contributed by atoms with Crippen molar-refractivity contribution >= 4 is 5.97 Å². The maximum atomic E-state index is 11.4. The summed E-state index contributed by atoms with van der Waals surface area (Å²) in [5.41, 5.74) is 0. The highest BCUT2D eigenvalue weighted by Gasteiger charge is 2.41. The van der Waals surface area contributed by atoms with Crippen LogP contribution in [0.3, 0.4) is 0 Å². The molecule has 2 saturated heterocycles. The molecule has 2 fully saturated rings. The maximum Gasteiger partial charge on any atom is 0.322 e. The van der Waals surface area contributed by atoms with Crippen molar-refractivity contribution < 1.29 is 19.0 Å². The van der Waals surface area contributed by atoms with Gasteiger partial charge in [0.25, 0.3) is 0 Å². The van der Waals surface area contributed by atoms with Gasteiger partial charge in [0, 0.05) is 25.9 Å². The number of hydrogen-bond acceptors (Lipinski definition) is 5. The van der Waals surface area contributed by atoms with E-state index in [-0.39, 0.29) is 17.8 Å². The highest BCUT2D eigenvalue weighted by molar-refractivity contribution is 5.75. The summed E-state index contributed by atoms with van der Waals surface area (Å²) in [5.74, 6) is -0.545.